The number of nitrogens with zero attached hydrogens (tertiary/aromatic N) is 3. The van der Waals surface area contributed by atoms with Crippen LogP contribution in [-0.4, -0.2) is 58.5 Å². The molecule has 2 aliphatic heterocycles. The summed E-state index contributed by atoms with van der Waals surface area (Å²) in [5.41, 5.74) is 2.31. The van der Waals surface area contributed by atoms with Crippen LogP contribution in [-0.2, 0) is 24.3 Å². The molecule has 0 radical (unpaired) electrons. The fraction of sp³-hybridized carbons (Fsp3) is 0.444. The maximum Gasteiger partial charge on any atom is 0.270 e. The Labute approximate surface area is 150 Å². The van der Waals surface area contributed by atoms with Crippen molar-refractivity contribution in [2.24, 2.45) is 0 Å². The van der Waals surface area contributed by atoms with Crippen molar-refractivity contribution in [3.05, 3.63) is 45.9 Å². The molecule has 4 rings (SSSR count). The van der Waals surface area contributed by atoms with Crippen LogP contribution in [0.2, 0.25) is 0 Å². The van der Waals surface area contributed by atoms with E-state index in [1.807, 2.05) is 36.2 Å². The van der Waals surface area contributed by atoms with Gasteiger partial charge in [0.1, 0.15) is 5.75 Å². The van der Waals surface area contributed by atoms with Crippen LogP contribution < -0.4 is 15.2 Å². The minimum atomic E-state index is -0.567. The first-order valence-electron chi connectivity index (χ1n) is 8.75. The highest BCUT2D eigenvalue weighted by Gasteiger charge is 2.34. The van der Waals surface area contributed by atoms with Crippen molar-refractivity contribution < 1.29 is 14.6 Å². The summed E-state index contributed by atoms with van der Waals surface area (Å²) < 4.78 is 7.33. The summed E-state index contributed by atoms with van der Waals surface area (Å²) in [4.78, 5) is 29.0. The number of benzene rings is 1. The Morgan fingerprint density at radius 2 is 2.19 bits per heavy atom. The van der Waals surface area contributed by atoms with E-state index in [9.17, 15) is 9.59 Å². The summed E-state index contributed by atoms with van der Waals surface area (Å²) in [5, 5.41) is 12.1. The highest BCUT2D eigenvalue weighted by atomic mass is 16.5. The third kappa shape index (κ3) is 2.76. The molecule has 0 spiro atoms. The van der Waals surface area contributed by atoms with Gasteiger partial charge in [0.05, 0.1) is 37.6 Å². The summed E-state index contributed by atoms with van der Waals surface area (Å²) in [6.07, 6.45) is -0.0590. The predicted octanol–water partition coefficient (Wildman–Crippen LogP) is -0.0492. The number of aromatic nitrogens is 2. The molecule has 0 saturated heterocycles. The van der Waals surface area contributed by atoms with Gasteiger partial charge in [-0.15, -0.1) is 0 Å². The van der Waals surface area contributed by atoms with Gasteiger partial charge in [-0.3, -0.25) is 19.4 Å². The molecule has 2 aromatic rings. The minimum absolute atomic E-state index is 0.0761. The van der Waals surface area contributed by atoms with E-state index in [4.69, 9.17) is 9.84 Å². The number of ether oxygens (including phenoxy) is 1. The molecule has 8 heteroatoms. The first kappa shape index (κ1) is 16.7. The number of nitrogens with one attached hydrogen (secondary N) is 1. The van der Waals surface area contributed by atoms with Crippen molar-refractivity contribution >= 4 is 11.6 Å². The van der Waals surface area contributed by atoms with Crippen LogP contribution in [0.3, 0.4) is 0 Å². The lowest BCUT2D eigenvalue weighted by Crippen LogP contribution is -2.50. The molecule has 0 saturated carbocycles. The third-order valence-electron chi connectivity index (χ3n) is 5.01. The Morgan fingerprint density at radius 1 is 1.38 bits per heavy atom. The Morgan fingerprint density at radius 3 is 3.00 bits per heavy atom. The highest BCUT2D eigenvalue weighted by molar-refractivity contribution is 5.83. The first-order valence-corrected chi connectivity index (χ1v) is 8.75. The lowest BCUT2D eigenvalue weighted by Gasteiger charge is -2.36. The smallest absolute Gasteiger partial charge is 0.270 e. The molecule has 1 atom stereocenters. The molecule has 138 valence electrons. The Kier molecular flexibility index (Phi) is 4.20. The van der Waals surface area contributed by atoms with E-state index in [1.165, 1.54) is 4.68 Å². The fourth-order valence-electron chi connectivity index (χ4n) is 3.67. The molecule has 1 amide bonds. The highest BCUT2D eigenvalue weighted by Crippen LogP contribution is 2.32. The van der Waals surface area contributed by atoms with Crippen molar-refractivity contribution in [3.8, 4) is 5.75 Å². The second-order valence-corrected chi connectivity index (χ2v) is 6.71. The van der Waals surface area contributed by atoms with Gasteiger partial charge in [-0.25, -0.2) is 0 Å². The summed E-state index contributed by atoms with van der Waals surface area (Å²) >= 11 is 0. The van der Waals surface area contributed by atoms with E-state index in [0.717, 1.165) is 11.4 Å². The van der Waals surface area contributed by atoms with Crippen LogP contribution in [0.1, 0.15) is 11.3 Å². The quantitative estimate of drug-likeness (QED) is 0.803. The molecule has 2 N–H and O–H groups in total. The van der Waals surface area contributed by atoms with Gasteiger partial charge in [0.15, 0.2) is 6.10 Å². The zero-order valence-electron chi connectivity index (χ0n) is 14.6. The van der Waals surface area contributed by atoms with Gasteiger partial charge in [-0.2, -0.15) is 0 Å². The van der Waals surface area contributed by atoms with E-state index in [1.54, 1.807) is 4.90 Å². The number of hydrogen-bond donors (Lipinski definition) is 2. The third-order valence-corrected chi connectivity index (χ3v) is 5.01. The van der Waals surface area contributed by atoms with Crippen molar-refractivity contribution in [2.45, 2.75) is 25.6 Å². The molecule has 0 bridgehead atoms. The number of aliphatic hydroxyl groups is 1. The number of likely N-dealkylation sites (N-methyl/N-ethyl adjacent to an activating group) is 1. The molecule has 2 aliphatic rings. The molecule has 0 fully saturated rings. The predicted molar refractivity (Wildman–Crippen MR) is 95.4 cm³/mol. The zero-order valence-corrected chi connectivity index (χ0v) is 14.6. The lowest BCUT2D eigenvalue weighted by atomic mass is 10.1. The number of fused-ring (bicyclic) bond motifs is 2. The summed E-state index contributed by atoms with van der Waals surface area (Å²) in [6.45, 7) is 1.45. The lowest BCUT2D eigenvalue weighted by molar-refractivity contribution is -0.139. The van der Waals surface area contributed by atoms with Crippen LogP contribution >= 0.6 is 0 Å². The molecule has 0 aliphatic carbocycles. The second kappa shape index (κ2) is 6.53. The standard InChI is InChI=1S/C18H22N4O4/c1-20-11-16(26-15-5-3-2-4-14(15)20)18(25)21-7-6-12-13(10-21)19-22(8-9-23)17(12)24/h2-5,16,19,23H,6-11H2,1H3/t16-/m1/s1. The van der Waals surface area contributed by atoms with Crippen LogP contribution in [0.5, 0.6) is 5.75 Å². The Bertz CT molecular complexity index is 888. The average molecular weight is 358 g/mol. The van der Waals surface area contributed by atoms with Crippen molar-refractivity contribution in [2.75, 3.05) is 31.6 Å². The largest absolute Gasteiger partial charge is 0.477 e. The second-order valence-electron chi connectivity index (χ2n) is 6.71. The maximum absolute atomic E-state index is 13.0. The number of rotatable bonds is 3. The molecular formula is C18H22N4O4. The molecule has 8 nitrogen and oxygen atoms in total. The normalized spacial score (nSPS) is 18.9. The van der Waals surface area contributed by atoms with Crippen LogP contribution in [0.15, 0.2) is 29.1 Å². The van der Waals surface area contributed by atoms with E-state index in [2.05, 4.69) is 5.10 Å². The van der Waals surface area contributed by atoms with Gasteiger partial charge in [0.25, 0.3) is 11.5 Å². The van der Waals surface area contributed by atoms with Crippen molar-refractivity contribution in [1.29, 1.82) is 0 Å². The number of amides is 1. The molecule has 3 heterocycles. The van der Waals surface area contributed by atoms with E-state index < -0.39 is 6.10 Å². The topological polar surface area (TPSA) is 90.8 Å². The summed E-state index contributed by atoms with van der Waals surface area (Å²) in [7, 11) is 1.95. The Balaban J connectivity index is 1.52. The van der Waals surface area contributed by atoms with Crippen LogP contribution in [0, 0.1) is 0 Å². The average Bonchev–Trinajstić information content (AvgIpc) is 2.96. The number of H-pyrrole nitrogens is 1. The van der Waals surface area contributed by atoms with E-state index in [0.29, 0.717) is 37.4 Å². The number of aliphatic hydroxyl groups excluding tert-OH is 1. The van der Waals surface area contributed by atoms with Gasteiger partial charge in [-0.05, 0) is 18.6 Å². The summed E-state index contributed by atoms with van der Waals surface area (Å²) in [5.74, 6) is 0.632. The van der Waals surface area contributed by atoms with Gasteiger partial charge < -0.3 is 19.6 Å². The maximum atomic E-state index is 13.0. The number of carbonyl (C=O) groups excluding carboxylic acids is 1. The van der Waals surface area contributed by atoms with Gasteiger partial charge in [-0.1, -0.05) is 12.1 Å². The van der Waals surface area contributed by atoms with E-state index >= 15 is 0 Å². The molecule has 26 heavy (non-hydrogen) atoms. The SMILES string of the molecule is CN1C[C@H](C(=O)N2CCc3c([nH]n(CCO)c3=O)C2)Oc2ccccc21. The first-order chi connectivity index (χ1) is 12.6. The van der Waals surface area contributed by atoms with Crippen molar-refractivity contribution in [1.82, 2.24) is 14.7 Å². The molecular weight excluding hydrogens is 336 g/mol. The van der Waals surface area contributed by atoms with E-state index in [-0.39, 0.29) is 24.6 Å². The Hall–Kier alpha value is -2.74. The zero-order chi connectivity index (χ0) is 18.3. The van der Waals surface area contributed by atoms with Crippen LogP contribution in [0.4, 0.5) is 5.69 Å². The molecule has 1 aromatic heterocycles. The number of anilines is 1. The number of hydrogen-bond acceptors (Lipinski definition) is 5. The van der Waals surface area contributed by atoms with Gasteiger partial charge in [0.2, 0.25) is 0 Å². The number of para-hydroxylation sites is 2. The van der Waals surface area contributed by atoms with Gasteiger partial charge >= 0.3 is 0 Å². The number of aromatic amines is 1. The monoisotopic (exact) mass is 358 g/mol. The molecule has 0 unspecified atom stereocenters. The van der Waals surface area contributed by atoms with Gasteiger partial charge in [0, 0.05) is 19.2 Å². The fourth-order valence-corrected chi connectivity index (χ4v) is 3.67. The molecule has 1 aromatic carbocycles. The summed E-state index contributed by atoms with van der Waals surface area (Å²) in [6, 6.07) is 7.67. The van der Waals surface area contributed by atoms with Crippen molar-refractivity contribution in [3.63, 3.8) is 0 Å². The number of carbonyl (C=O) groups is 1. The minimum Gasteiger partial charge on any atom is -0.477 e. The van der Waals surface area contributed by atoms with Crippen LogP contribution in [0.25, 0.3) is 0 Å².